The van der Waals surface area contributed by atoms with Gasteiger partial charge in [-0.3, -0.25) is 14.4 Å². The van der Waals surface area contributed by atoms with Gasteiger partial charge in [0.1, 0.15) is 28.7 Å². The van der Waals surface area contributed by atoms with E-state index in [-0.39, 0.29) is 23.0 Å². The fourth-order valence-corrected chi connectivity index (χ4v) is 7.28. The normalized spacial score (nSPS) is 22.6. The van der Waals surface area contributed by atoms with Crippen molar-refractivity contribution in [2.24, 2.45) is 5.92 Å². The number of rotatable bonds is 7. The summed E-state index contributed by atoms with van der Waals surface area (Å²) in [5, 5.41) is 3.07. The van der Waals surface area contributed by atoms with Gasteiger partial charge in [0.2, 0.25) is 5.91 Å². The highest BCUT2D eigenvalue weighted by Crippen LogP contribution is 2.62. The molecule has 1 fully saturated rings. The third-order valence-corrected chi connectivity index (χ3v) is 9.15. The topological polar surface area (TPSA) is 94.2 Å². The molecular weight excluding hydrogens is 556 g/mol. The molecule has 220 valence electrons. The third-order valence-electron chi connectivity index (χ3n) is 9.15. The molecular formula is C36H30N2O6. The second kappa shape index (κ2) is 10.4. The van der Waals surface area contributed by atoms with E-state index in [4.69, 9.17) is 14.2 Å². The molecule has 0 saturated carbocycles. The molecule has 1 N–H and O–H groups in total. The van der Waals surface area contributed by atoms with Crippen molar-refractivity contribution in [3.63, 3.8) is 0 Å². The van der Waals surface area contributed by atoms with Crippen LogP contribution in [0.15, 0.2) is 97.2 Å². The van der Waals surface area contributed by atoms with Gasteiger partial charge < -0.3 is 24.4 Å². The Morgan fingerprint density at radius 1 is 0.795 bits per heavy atom. The summed E-state index contributed by atoms with van der Waals surface area (Å²) in [6.07, 6.45) is 3.79. The number of carbonyl (C=O) groups excluding carboxylic acids is 3. The van der Waals surface area contributed by atoms with Crippen LogP contribution in [0.1, 0.15) is 43.4 Å². The summed E-state index contributed by atoms with van der Waals surface area (Å²) in [4.78, 5) is 46.5. The van der Waals surface area contributed by atoms with Gasteiger partial charge in [-0.1, -0.05) is 54.6 Å². The Labute approximate surface area is 254 Å². The van der Waals surface area contributed by atoms with E-state index in [1.165, 1.54) is 21.3 Å². The molecule has 0 unspecified atom stereocenters. The molecule has 7 rings (SSSR count). The maximum atomic E-state index is 15.1. The highest BCUT2D eigenvalue weighted by molar-refractivity contribution is 6.17. The number of hydrogen-bond acceptors (Lipinski definition) is 7. The molecule has 8 heteroatoms. The van der Waals surface area contributed by atoms with Crippen LogP contribution >= 0.6 is 0 Å². The minimum atomic E-state index is -1.45. The number of fused-ring (bicyclic) bond motifs is 6. The second-order valence-electron chi connectivity index (χ2n) is 11.1. The Balaban J connectivity index is 1.53. The molecule has 8 nitrogen and oxygen atoms in total. The van der Waals surface area contributed by atoms with Crippen molar-refractivity contribution in [1.29, 1.82) is 0 Å². The SMILES string of the molecule is COc1cccc(C(=O)[C@H]2[C@H](C(=O)c3ccc(OC)cc3OC)[C@]3(C(=O)Nc4ccccc43)[C@H]3c4ccccc4C=CN23)c1. The first kappa shape index (κ1) is 27.5. The lowest BCUT2D eigenvalue weighted by Crippen LogP contribution is -2.49. The number of hydrogen-bond donors (Lipinski definition) is 1. The van der Waals surface area contributed by atoms with Crippen molar-refractivity contribution in [2.75, 3.05) is 26.6 Å². The molecule has 4 aromatic rings. The van der Waals surface area contributed by atoms with Gasteiger partial charge in [0, 0.05) is 23.5 Å². The standard InChI is InChI=1S/C36H30N2O6/c1-42-23-11-8-10-22(19-23)32(39)31-30(33(40)26-16-15-24(43-2)20-29(26)44-3)36(27-13-6-7-14-28(27)37-35(36)41)34-25-12-5-4-9-21(25)17-18-38(31)34/h4-20,30-31,34H,1-3H3,(H,37,41)/t30-,31-,34-,36+/m1/s1. The summed E-state index contributed by atoms with van der Waals surface area (Å²) in [5.41, 5.74) is 2.28. The Morgan fingerprint density at radius 3 is 2.34 bits per heavy atom. The van der Waals surface area contributed by atoms with Crippen molar-refractivity contribution in [3.8, 4) is 17.2 Å². The summed E-state index contributed by atoms with van der Waals surface area (Å²) < 4.78 is 16.5. The first-order valence-corrected chi connectivity index (χ1v) is 14.3. The minimum Gasteiger partial charge on any atom is -0.497 e. The largest absolute Gasteiger partial charge is 0.497 e. The molecule has 3 aliphatic rings. The van der Waals surface area contributed by atoms with E-state index in [1.54, 1.807) is 42.5 Å². The molecule has 0 bridgehead atoms. The van der Waals surface area contributed by atoms with Crippen molar-refractivity contribution < 1.29 is 28.6 Å². The molecule has 4 atom stereocenters. The number of Topliss-reactive ketones (excluding diaryl/α,β-unsaturated/α-hetero) is 2. The Bertz CT molecular complexity index is 1870. The zero-order valence-corrected chi connectivity index (χ0v) is 24.4. The fraction of sp³-hybridized carbons (Fsp3) is 0.194. The highest BCUT2D eigenvalue weighted by atomic mass is 16.5. The summed E-state index contributed by atoms with van der Waals surface area (Å²) >= 11 is 0. The predicted octanol–water partition coefficient (Wildman–Crippen LogP) is 5.69. The zero-order valence-electron chi connectivity index (χ0n) is 24.4. The Morgan fingerprint density at radius 2 is 1.55 bits per heavy atom. The number of anilines is 1. The van der Waals surface area contributed by atoms with Gasteiger partial charge in [-0.05, 0) is 53.1 Å². The number of benzene rings is 4. The number of nitrogens with one attached hydrogen (secondary N) is 1. The summed E-state index contributed by atoms with van der Waals surface area (Å²) in [5.74, 6) is -0.802. The molecule has 0 aromatic heterocycles. The summed E-state index contributed by atoms with van der Waals surface area (Å²) in [6, 6.07) is 25.4. The van der Waals surface area contributed by atoms with E-state index in [0.29, 0.717) is 34.1 Å². The average molecular weight is 587 g/mol. The maximum Gasteiger partial charge on any atom is 0.238 e. The van der Waals surface area contributed by atoms with Crippen molar-refractivity contribution >= 4 is 29.2 Å². The Hall–Kier alpha value is -5.37. The van der Waals surface area contributed by atoms with Gasteiger partial charge in [-0.15, -0.1) is 0 Å². The van der Waals surface area contributed by atoms with Gasteiger partial charge in [0.25, 0.3) is 0 Å². The van der Waals surface area contributed by atoms with Gasteiger partial charge in [0.15, 0.2) is 11.6 Å². The van der Waals surface area contributed by atoms with Crippen molar-refractivity contribution in [2.45, 2.75) is 17.5 Å². The maximum absolute atomic E-state index is 15.1. The van der Waals surface area contributed by atoms with E-state index in [1.807, 2.05) is 65.7 Å². The van der Waals surface area contributed by atoms with Crippen molar-refractivity contribution in [1.82, 2.24) is 4.90 Å². The van der Waals surface area contributed by atoms with Crippen LogP contribution in [-0.2, 0) is 10.2 Å². The second-order valence-corrected chi connectivity index (χ2v) is 11.1. The number of carbonyl (C=O) groups is 3. The van der Waals surface area contributed by atoms with Crippen LogP contribution in [0.2, 0.25) is 0 Å². The van der Waals surface area contributed by atoms with E-state index < -0.39 is 23.4 Å². The van der Waals surface area contributed by atoms with Crippen LogP contribution in [0.4, 0.5) is 5.69 Å². The first-order valence-electron chi connectivity index (χ1n) is 14.3. The lowest BCUT2D eigenvalue weighted by atomic mass is 9.62. The number of nitrogens with zero attached hydrogens (tertiary/aromatic N) is 1. The summed E-state index contributed by atoms with van der Waals surface area (Å²) in [6.45, 7) is 0. The van der Waals surface area contributed by atoms with Crippen LogP contribution in [0.5, 0.6) is 17.2 Å². The fourth-order valence-electron chi connectivity index (χ4n) is 7.28. The van der Waals surface area contributed by atoms with E-state index in [2.05, 4.69) is 5.32 Å². The van der Waals surface area contributed by atoms with Crippen molar-refractivity contribution in [3.05, 3.63) is 125 Å². The van der Waals surface area contributed by atoms with E-state index >= 15 is 4.79 Å². The lowest BCUT2D eigenvalue weighted by molar-refractivity contribution is -0.122. The minimum absolute atomic E-state index is 0.260. The van der Waals surface area contributed by atoms with Crippen LogP contribution in [-0.4, -0.2) is 49.7 Å². The molecule has 1 spiro atoms. The number of ether oxygens (including phenoxy) is 3. The first-order chi connectivity index (χ1) is 21.4. The van der Waals surface area contributed by atoms with Crippen LogP contribution in [0.3, 0.4) is 0 Å². The van der Waals surface area contributed by atoms with Gasteiger partial charge >= 0.3 is 0 Å². The van der Waals surface area contributed by atoms with Crippen LogP contribution < -0.4 is 19.5 Å². The summed E-state index contributed by atoms with van der Waals surface area (Å²) in [7, 11) is 4.55. The number of para-hydroxylation sites is 1. The van der Waals surface area contributed by atoms with Crippen LogP contribution in [0, 0.1) is 5.92 Å². The van der Waals surface area contributed by atoms with Gasteiger partial charge in [-0.25, -0.2) is 0 Å². The van der Waals surface area contributed by atoms with Gasteiger partial charge in [0.05, 0.1) is 38.9 Å². The van der Waals surface area contributed by atoms with E-state index in [9.17, 15) is 9.59 Å². The molecule has 4 aromatic carbocycles. The predicted molar refractivity (Wildman–Crippen MR) is 165 cm³/mol. The molecule has 44 heavy (non-hydrogen) atoms. The monoisotopic (exact) mass is 586 g/mol. The molecule has 0 radical (unpaired) electrons. The smallest absolute Gasteiger partial charge is 0.238 e. The molecule has 3 heterocycles. The molecule has 1 amide bonds. The number of amides is 1. The third kappa shape index (κ3) is 3.80. The molecule has 1 saturated heterocycles. The highest BCUT2D eigenvalue weighted by Gasteiger charge is 2.70. The molecule has 0 aliphatic carbocycles. The van der Waals surface area contributed by atoms with E-state index in [0.717, 1.165) is 11.1 Å². The van der Waals surface area contributed by atoms with Crippen LogP contribution in [0.25, 0.3) is 6.08 Å². The number of ketones is 2. The molecule has 3 aliphatic heterocycles. The Kier molecular flexibility index (Phi) is 6.50. The zero-order chi connectivity index (χ0) is 30.6. The quantitative estimate of drug-likeness (QED) is 0.278. The lowest BCUT2D eigenvalue weighted by Gasteiger charge is -2.38. The van der Waals surface area contributed by atoms with Gasteiger partial charge in [-0.2, -0.15) is 0 Å². The number of methoxy groups -OCH3 is 3. The average Bonchev–Trinajstić information content (AvgIpc) is 3.55.